The molecule has 0 aliphatic carbocycles. The Morgan fingerprint density at radius 3 is 0.865 bits per heavy atom. The Hall–Kier alpha value is -3.41. The van der Waals surface area contributed by atoms with Crippen molar-refractivity contribution in [1.82, 2.24) is 0 Å². The molecule has 0 aliphatic heterocycles. The van der Waals surface area contributed by atoms with Gasteiger partial charge in [-0.05, 0) is 96.3 Å². The van der Waals surface area contributed by atoms with E-state index in [2.05, 4.69) is 106 Å². The minimum atomic E-state index is -0.798. The molecule has 1 unspecified atom stereocenters. The van der Waals surface area contributed by atoms with Crippen molar-refractivity contribution in [3.8, 4) is 0 Å². The normalized spacial score (nSPS) is 12.6. The van der Waals surface area contributed by atoms with Crippen LogP contribution in [-0.2, 0) is 28.6 Å². The molecule has 0 aromatic rings. The third-order valence-electron chi connectivity index (χ3n) is 13.6. The van der Waals surface area contributed by atoms with Crippen molar-refractivity contribution < 1.29 is 28.6 Å². The number of hydrogen-bond donors (Lipinski definition) is 0. The average Bonchev–Trinajstić information content (AvgIpc) is 3.40. The number of carbonyl (C=O) groups excluding carboxylic acids is 3. The maximum Gasteiger partial charge on any atom is 0.306 e. The van der Waals surface area contributed by atoms with Crippen molar-refractivity contribution in [2.45, 2.75) is 316 Å². The van der Waals surface area contributed by atoms with Crippen LogP contribution in [0.25, 0.3) is 0 Å². The fourth-order valence-corrected chi connectivity index (χ4v) is 8.91. The van der Waals surface area contributed by atoms with E-state index < -0.39 is 6.10 Å². The highest BCUT2D eigenvalue weighted by atomic mass is 16.6. The van der Waals surface area contributed by atoms with Gasteiger partial charge in [0, 0.05) is 19.3 Å². The molecule has 0 amide bonds. The predicted octanol–water partition coefficient (Wildman–Crippen LogP) is 21.5. The highest BCUT2D eigenvalue weighted by Crippen LogP contribution is 2.16. The number of allylic oxidation sites excluding steroid dienone is 14. The van der Waals surface area contributed by atoms with Gasteiger partial charge in [-0.15, -0.1) is 0 Å². The first-order valence-corrected chi connectivity index (χ1v) is 31.6. The van der Waals surface area contributed by atoms with Gasteiger partial charge >= 0.3 is 17.9 Å². The van der Waals surface area contributed by atoms with E-state index >= 15 is 0 Å². The summed E-state index contributed by atoms with van der Waals surface area (Å²) in [7, 11) is 0. The Kier molecular flexibility index (Phi) is 59.3. The molecule has 1 atom stereocenters. The zero-order valence-electron chi connectivity index (χ0n) is 48.8. The van der Waals surface area contributed by atoms with Crippen molar-refractivity contribution in [1.29, 1.82) is 0 Å². The van der Waals surface area contributed by atoms with Crippen LogP contribution in [0.15, 0.2) is 85.1 Å². The van der Waals surface area contributed by atoms with Gasteiger partial charge in [0.05, 0.1) is 0 Å². The summed E-state index contributed by atoms with van der Waals surface area (Å²) in [5.74, 6) is -0.927. The summed E-state index contributed by atoms with van der Waals surface area (Å²) in [6, 6.07) is 0. The molecule has 0 N–H and O–H groups in total. The lowest BCUT2D eigenvalue weighted by atomic mass is 10.0. The van der Waals surface area contributed by atoms with E-state index in [0.29, 0.717) is 19.3 Å². The first-order valence-electron chi connectivity index (χ1n) is 31.6. The molecule has 0 radical (unpaired) electrons. The van der Waals surface area contributed by atoms with Crippen LogP contribution in [0.4, 0.5) is 0 Å². The molecular weight excluding hydrogens is 913 g/mol. The standard InChI is InChI=1S/C68H118O6/c1-4-7-10-13-16-19-22-24-26-28-30-32-33-34-35-37-38-40-42-44-46-49-52-55-58-61-67(70)73-64-65(63-72-66(69)60-57-54-51-48-21-18-15-12-9-6-3)74-68(71)62-59-56-53-50-47-45-43-41-39-36-31-29-27-25-23-20-17-14-11-8-5-2/h8,11,17,20,25,27-28,30-31,36,41,43,47,50,65H,4-7,9-10,12-16,18-19,21-24,26,29,32-35,37-40,42,44-46,48-49,51-64H2,1-3H3/b11-8-,20-17-,27-25-,30-28-,36-31-,43-41-,50-47-. The van der Waals surface area contributed by atoms with Gasteiger partial charge in [0.15, 0.2) is 6.10 Å². The Balaban J connectivity index is 4.30. The van der Waals surface area contributed by atoms with E-state index in [9.17, 15) is 14.4 Å². The highest BCUT2D eigenvalue weighted by molar-refractivity contribution is 5.71. The molecular formula is C68H118O6. The first-order chi connectivity index (χ1) is 36.5. The van der Waals surface area contributed by atoms with Gasteiger partial charge < -0.3 is 14.2 Å². The van der Waals surface area contributed by atoms with Crippen molar-refractivity contribution >= 4 is 17.9 Å². The maximum absolute atomic E-state index is 12.9. The SMILES string of the molecule is CC/C=C\C/C=C\C/C=C\C/C=C\C/C=C\C/C=C\CCCCC(=O)OC(COC(=O)CCCCCCCCCCCC)COC(=O)CCCCCCCCCCCCCCC/C=C\CCCCCCCCCC. The van der Waals surface area contributed by atoms with Gasteiger partial charge in [-0.2, -0.15) is 0 Å². The topological polar surface area (TPSA) is 78.9 Å². The van der Waals surface area contributed by atoms with Crippen molar-refractivity contribution in [2.24, 2.45) is 0 Å². The van der Waals surface area contributed by atoms with E-state index in [4.69, 9.17) is 14.2 Å². The van der Waals surface area contributed by atoms with Crippen LogP contribution in [0.1, 0.15) is 310 Å². The molecule has 0 heterocycles. The number of carbonyl (C=O) groups is 3. The fraction of sp³-hybridized carbons (Fsp3) is 0.750. The molecule has 0 fully saturated rings. The lowest BCUT2D eigenvalue weighted by molar-refractivity contribution is -0.167. The zero-order chi connectivity index (χ0) is 53.6. The monoisotopic (exact) mass is 1030 g/mol. The summed E-state index contributed by atoms with van der Waals surface area (Å²) in [5, 5.41) is 0. The van der Waals surface area contributed by atoms with Gasteiger partial charge in [-0.25, -0.2) is 0 Å². The van der Waals surface area contributed by atoms with Crippen molar-refractivity contribution in [2.75, 3.05) is 13.2 Å². The number of rotatable bonds is 57. The van der Waals surface area contributed by atoms with Crippen LogP contribution in [-0.4, -0.2) is 37.2 Å². The van der Waals surface area contributed by atoms with Gasteiger partial charge in [0.25, 0.3) is 0 Å². The maximum atomic E-state index is 12.9. The quantitative estimate of drug-likeness (QED) is 0.0261. The summed E-state index contributed by atoms with van der Waals surface area (Å²) in [6.45, 7) is 6.50. The molecule has 6 nitrogen and oxygen atoms in total. The smallest absolute Gasteiger partial charge is 0.306 e. The average molecular weight is 1030 g/mol. The lowest BCUT2D eigenvalue weighted by Gasteiger charge is -2.18. The van der Waals surface area contributed by atoms with E-state index in [1.807, 2.05) is 0 Å². The van der Waals surface area contributed by atoms with E-state index in [1.54, 1.807) is 0 Å². The summed E-state index contributed by atoms with van der Waals surface area (Å²) >= 11 is 0. The van der Waals surface area contributed by atoms with Crippen molar-refractivity contribution in [3.63, 3.8) is 0 Å². The van der Waals surface area contributed by atoms with Gasteiger partial charge in [0.2, 0.25) is 0 Å². The second-order valence-corrected chi connectivity index (χ2v) is 20.9. The Labute approximate surface area is 458 Å². The number of hydrogen-bond acceptors (Lipinski definition) is 6. The molecule has 426 valence electrons. The minimum Gasteiger partial charge on any atom is -0.462 e. The van der Waals surface area contributed by atoms with Gasteiger partial charge in [-0.1, -0.05) is 279 Å². The van der Waals surface area contributed by atoms with Crippen LogP contribution in [0.2, 0.25) is 0 Å². The second-order valence-electron chi connectivity index (χ2n) is 20.9. The Morgan fingerprint density at radius 1 is 0.284 bits per heavy atom. The van der Waals surface area contributed by atoms with Crippen LogP contribution < -0.4 is 0 Å². The lowest BCUT2D eigenvalue weighted by Crippen LogP contribution is -2.30. The third kappa shape index (κ3) is 59.5. The number of ether oxygens (including phenoxy) is 3. The first kappa shape index (κ1) is 70.6. The van der Waals surface area contributed by atoms with E-state index in [1.165, 1.54) is 173 Å². The second kappa shape index (κ2) is 62.1. The summed E-state index contributed by atoms with van der Waals surface area (Å²) in [6.07, 6.45) is 81.7. The van der Waals surface area contributed by atoms with E-state index in [0.717, 1.165) is 89.9 Å². The zero-order valence-corrected chi connectivity index (χ0v) is 48.8. The molecule has 0 bridgehead atoms. The molecule has 0 rings (SSSR count). The van der Waals surface area contributed by atoms with E-state index in [-0.39, 0.29) is 37.5 Å². The Bertz CT molecular complexity index is 1420. The minimum absolute atomic E-state index is 0.0918. The molecule has 0 aromatic carbocycles. The molecule has 0 aliphatic rings. The Morgan fingerprint density at radius 2 is 0.527 bits per heavy atom. The molecule has 6 heteroatoms. The molecule has 0 aromatic heterocycles. The highest BCUT2D eigenvalue weighted by Gasteiger charge is 2.19. The third-order valence-corrected chi connectivity index (χ3v) is 13.6. The van der Waals surface area contributed by atoms with Crippen LogP contribution in [0.3, 0.4) is 0 Å². The molecule has 74 heavy (non-hydrogen) atoms. The van der Waals surface area contributed by atoms with Crippen molar-refractivity contribution in [3.05, 3.63) is 85.1 Å². The molecule has 0 saturated heterocycles. The summed E-state index contributed by atoms with van der Waals surface area (Å²) in [5.41, 5.74) is 0. The summed E-state index contributed by atoms with van der Waals surface area (Å²) < 4.78 is 16.8. The largest absolute Gasteiger partial charge is 0.462 e. The fourth-order valence-electron chi connectivity index (χ4n) is 8.91. The van der Waals surface area contributed by atoms with Crippen LogP contribution >= 0.6 is 0 Å². The molecule has 0 saturated carbocycles. The van der Waals surface area contributed by atoms with Crippen LogP contribution in [0.5, 0.6) is 0 Å². The van der Waals surface area contributed by atoms with Crippen LogP contribution in [0, 0.1) is 0 Å². The number of esters is 3. The number of unbranched alkanes of at least 4 members (excludes halogenated alkanes) is 32. The van der Waals surface area contributed by atoms with Gasteiger partial charge in [0.1, 0.15) is 13.2 Å². The predicted molar refractivity (Wildman–Crippen MR) is 321 cm³/mol. The molecule has 0 spiro atoms. The van der Waals surface area contributed by atoms with Gasteiger partial charge in [-0.3, -0.25) is 14.4 Å². The summed E-state index contributed by atoms with van der Waals surface area (Å²) in [4.78, 5) is 38.2.